The van der Waals surface area contributed by atoms with Crippen molar-refractivity contribution >= 4 is 32.9 Å². The van der Waals surface area contributed by atoms with Crippen LogP contribution >= 0.6 is 12.2 Å². The summed E-state index contributed by atoms with van der Waals surface area (Å²) in [5, 5.41) is 0.703. The van der Waals surface area contributed by atoms with Gasteiger partial charge in [-0.1, -0.05) is 25.1 Å². The van der Waals surface area contributed by atoms with E-state index in [1.165, 1.54) is 5.56 Å². The Balaban J connectivity index is 1.98. The van der Waals surface area contributed by atoms with Crippen LogP contribution < -0.4 is 4.90 Å². The van der Waals surface area contributed by atoms with E-state index in [0.717, 1.165) is 12.1 Å². The summed E-state index contributed by atoms with van der Waals surface area (Å²) in [6, 6.07) is 8.06. The second kappa shape index (κ2) is 5.66. The Morgan fingerprint density at radius 2 is 1.91 bits per heavy atom. The highest BCUT2D eigenvalue weighted by Gasteiger charge is 2.51. The Hall–Kier alpha value is -1.40. The largest absolute Gasteiger partial charge is 0.339 e. The zero-order valence-corrected chi connectivity index (χ0v) is 14.2. The molecule has 3 rings (SSSR count). The fourth-order valence-electron chi connectivity index (χ4n) is 3.32. The molecule has 2 saturated heterocycles. The molecule has 0 aromatic heterocycles. The molecule has 2 atom stereocenters. The highest BCUT2D eigenvalue weighted by Crippen LogP contribution is 2.35. The Kier molecular flexibility index (Phi) is 3.99. The fraction of sp³-hybridized carbons (Fsp3) is 0.438. The summed E-state index contributed by atoms with van der Waals surface area (Å²) < 4.78 is 24.1. The van der Waals surface area contributed by atoms with Gasteiger partial charge in [-0.2, -0.15) is 0 Å². The smallest absolute Gasteiger partial charge is 0.177 e. The first kappa shape index (κ1) is 15.5. The van der Waals surface area contributed by atoms with E-state index in [0.29, 0.717) is 11.7 Å². The average molecular weight is 336 g/mol. The van der Waals surface area contributed by atoms with Gasteiger partial charge in [0.25, 0.3) is 0 Å². The second-order valence-electron chi connectivity index (χ2n) is 5.83. The van der Waals surface area contributed by atoms with Gasteiger partial charge in [-0.05, 0) is 36.3 Å². The molecule has 0 unspecified atom stereocenters. The third-order valence-corrected chi connectivity index (χ3v) is 6.56. The van der Waals surface area contributed by atoms with E-state index in [-0.39, 0.29) is 23.6 Å². The van der Waals surface area contributed by atoms with Gasteiger partial charge in [0.1, 0.15) is 0 Å². The lowest BCUT2D eigenvalue weighted by Gasteiger charge is -2.25. The van der Waals surface area contributed by atoms with Gasteiger partial charge in [0.05, 0.1) is 23.6 Å². The summed E-state index contributed by atoms with van der Waals surface area (Å²) in [4.78, 5) is 4.00. The maximum absolute atomic E-state index is 12.1. The topological polar surface area (TPSA) is 40.6 Å². The van der Waals surface area contributed by atoms with Crippen LogP contribution in [0.1, 0.15) is 12.5 Å². The van der Waals surface area contributed by atoms with E-state index in [4.69, 9.17) is 12.2 Å². The molecule has 2 fully saturated rings. The van der Waals surface area contributed by atoms with E-state index in [9.17, 15) is 8.42 Å². The predicted molar refractivity (Wildman–Crippen MR) is 94.0 cm³/mol. The van der Waals surface area contributed by atoms with Crippen LogP contribution in [0, 0.1) is 0 Å². The van der Waals surface area contributed by atoms with Crippen LogP contribution in [0.2, 0.25) is 0 Å². The highest BCUT2D eigenvalue weighted by molar-refractivity contribution is 7.91. The molecule has 118 valence electrons. The Labute approximate surface area is 137 Å². The van der Waals surface area contributed by atoms with Crippen LogP contribution in [-0.2, 0) is 16.3 Å². The van der Waals surface area contributed by atoms with Gasteiger partial charge in [-0.25, -0.2) is 8.42 Å². The number of nitrogens with zero attached hydrogens (tertiary/aromatic N) is 2. The maximum atomic E-state index is 12.1. The first-order valence-corrected chi connectivity index (χ1v) is 9.70. The molecule has 22 heavy (non-hydrogen) atoms. The molecule has 1 aromatic carbocycles. The number of hydrogen-bond donors (Lipinski definition) is 0. The van der Waals surface area contributed by atoms with Gasteiger partial charge >= 0.3 is 0 Å². The molecular weight excluding hydrogens is 316 g/mol. The SMILES string of the molecule is C=CCN1C(=S)N(c2ccc(CC)cc2)[C@@H]2CS(=O)(=O)C[C@H]21. The van der Waals surface area contributed by atoms with Gasteiger partial charge in [0.15, 0.2) is 14.9 Å². The number of hydrogen-bond acceptors (Lipinski definition) is 3. The second-order valence-corrected chi connectivity index (χ2v) is 8.34. The van der Waals surface area contributed by atoms with Gasteiger partial charge in [0.2, 0.25) is 0 Å². The van der Waals surface area contributed by atoms with Crippen molar-refractivity contribution in [3.8, 4) is 0 Å². The van der Waals surface area contributed by atoms with Crippen molar-refractivity contribution in [3.05, 3.63) is 42.5 Å². The molecule has 0 bridgehead atoms. The molecule has 0 spiro atoms. The van der Waals surface area contributed by atoms with Gasteiger partial charge < -0.3 is 9.80 Å². The number of benzene rings is 1. The van der Waals surface area contributed by atoms with E-state index in [1.807, 2.05) is 21.9 Å². The molecule has 1 aromatic rings. The first-order valence-electron chi connectivity index (χ1n) is 7.47. The molecule has 2 heterocycles. The first-order chi connectivity index (χ1) is 10.5. The van der Waals surface area contributed by atoms with Crippen molar-refractivity contribution in [1.82, 2.24) is 4.90 Å². The van der Waals surface area contributed by atoms with Gasteiger partial charge in [0, 0.05) is 12.2 Å². The van der Waals surface area contributed by atoms with Crippen LogP contribution in [0.3, 0.4) is 0 Å². The van der Waals surface area contributed by atoms with Crippen molar-refractivity contribution in [3.63, 3.8) is 0 Å². The molecule has 6 heteroatoms. The minimum absolute atomic E-state index is 0.0682. The van der Waals surface area contributed by atoms with Crippen molar-refractivity contribution in [2.24, 2.45) is 0 Å². The summed E-state index contributed by atoms with van der Waals surface area (Å²) in [5.74, 6) is 0.343. The van der Waals surface area contributed by atoms with Gasteiger partial charge in [-0.15, -0.1) is 6.58 Å². The minimum atomic E-state index is -3.01. The summed E-state index contributed by atoms with van der Waals surface area (Å²) >= 11 is 5.61. The molecule has 0 N–H and O–H groups in total. The molecule has 0 radical (unpaired) electrons. The molecule has 0 amide bonds. The lowest BCUT2D eigenvalue weighted by Crippen LogP contribution is -2.37. The third-order valence-electron chi connectivity index (χ3n) is 4.43. The lowest BCUT2D eigenvalue weighted by molar-refractivity contribution is 0.389. The number of anilines is 1. The van der Waals surface area contributed by atoms with Crippen molar-refractivity contribution in [2.75, 3.05) is 23.0 Å². The Bertz CT molecular complexity index is 697. The predicted octanol–water partition coefficient (Wildman–Crippen LogP) is 2.01. The number of thiocarbonyl (C=S) groups is 1. The fourth-order valence-corrected chi connectivity index (χ4v) is 5.72. The number of fused-ring (bicyclic) bond motifs is 1. The maximum Gasteiger partial charge on any atom is 0.177 e. The molecular formula is C16H20N2O2S2. The number of sulfone groups is 1. The average Bonchev–Trinajstić information content (AvgIpc) is 2.91. The summed E-state index contributed by atoms with van der Waals surface area (Å²) in [6.45, 7) is 6.45. The normalized spacial score (nSPS) is 26.3. The van der Waals surface area contributed by atoms with Crippen LogP contribution in [0.4, 0.5) is 5.69 Å². The van der Waals surface area contributed by atoms with Crippen LogP contribution in [0.25, 0.3) is 0 Å². The lowest BCUT2D eigenvalue weighted by atomic mass is 10.1. The Morgan fingerprint density at radius 3 is 2.50 bits per heavy atom. The monoisotopic (exact) mass is 336 g/mol. The van der Waals surface area contributed by atoms with Crippen molar-refractivity contribution in [2.45, 2.75) is 25.4 Å². The van der Waals surface area contributed by atoms with Crippen LogP contribution in [0.5, 0.6) is 0 Å². The van der Waals surface area contributed by atoms with E-state index < -0.39 is 9.84 Å². The summed E-state index contributed by atoms with van der Waals surface area (Å²) in [7, 11) is -3.01. The molecule has 2 aliphatic rings. The Morgan fingerprint density at radius 1 is 1.27 bits per heavy atom. The highest BCUT2D eigenvalue weighted by atomic mass is 32.2. The molecule has 4 nitrogen and oxygen atoms in total. The van der Waals surface area contributed by atoms with E-state index in [2.05, 4.69) is 25.6 Å². The molecule has 2 aliphatic heterocycles. The van der Waals surface area contributed by atoms with Crippen molar-refractivity contribution in [1.29, 1.82) is 0 Å². The van der Waals surface area contributed by atoms with Crippen LogP contribution in [-0.4, -0.2) is 48.6 Å². The zero-order valence-electron chi connectivity index (χ0n) is 12.6. The summed E-state index contributed by atoms with van der Waals surface area (Å²) in [6.07, 6.45) is 2.76. The third kappa shape index (κ3) is 2.54. The van der Waals surface area contributed by atoms with Crippen molar-refractivity contribution < 1.29 is 8.42 Å². The van der Waals surface area contributed by atoms with Crippen LogP contribution in [0.15, 0.2) is 36.9 Å². The molecule has 0 saturated carbocycles. The number of rotatable bonds is 4. The number of aryl methyl sites for hydroxylation is 1. The molecule has 0 aliphatic carbocycles. The zero-order chi connectivity index (χ0) is 15.9. The quantitative estimate of drug-likeness (QED) is 0.621. The van der Waals surface area contributed by atoms with E-state index >= 15 is 0 Å². The summed E-state index contributed by atoms with van der Waals surface area (Å²) in [5.41, 5.74) is 2.23. The standard InChI is InChI=1S/C16H20N2O2S2/c1-3-9-17-14-10-22(19,20)11-15(14)18(16(17)21)13-7-5-12(4-2)6-8-13/h3,5-8,14-15H,1,4,9-11H2,2H3/t14-,15-/m1/s1. The minimum Gasteiger partial charge on any atom is -0.339 e. The van der Waals surface area contributed by atoms with E-state index in [1.54, 1.807) is 6.08 Å². The van der Waals surface area contributed by atoms with Gasteiger partial charge in [-0.3, -0.25) is 0 Å².